The molecule has 0 bridgehead atoms. The zero-order valence-electron chi connectivity index (χ0n) is 15.4. The molecule has 2 fully saturated rings. The number of halogens is 1. The Morgan fingerprint density at radius 3 is 2.59 bits per heavy atom. The zero-order chi connectivity index (χ0) is 19.4. The fraction of sp³-hybridized carbons (Fsp3) is 0.550. The fourth-order valence-corrected chi connectivity index (χ4v) is 3.72. The van der Waals surface area contributed by atoms with E-state index in [0.29, 0.717) is 6.54 Å². The van der Waals surface area contributed by atoms with Gasteiger partial charge in [0.2, 0.25) is 5.91 Å². The molecule has 0 unspecified atom stereocenters. The van der Waals surface area contributed by atoms with Gasteiger partial charge in [-0.3, -0.25) is 14.4 Å². The van der Waals surface area contributed by atoms with Crippen molar-refractivity contribution in [2.75, 3.05) is 6.54 Å². The third kappa shape index (κ3) is 4.84. The lowest BCUT2D eigenvalue weighted by molar-refractivity contribution is -0.158. The van der Waals surface area contributed by atoms with Crippen molar-refractivity contribution >= 4 is 17.8 Å². The number of ether oxygens (including phenoxy) is 1. The molecule has 1 aromatic carbocycles. The largest absolute Gasteiger partial charge is 0.452 e. The molecule has 6 nitrogen and oxygen atoms in total. The first kappa shape index (κ1) is 19.3. The van der Waals surface area contributed by atoms with Crippen molar-refractivity contribution in [1.82, 2.24) is 10.2 Å². The van der Waals surface area contributed by atoms with E-state index in [1.165, 1.54) is 19.1 Å². The first-order chi connectivity index (χ1) is 12.9. The Morgan fingerprint density at radius 2 is 1.93 bits per heavy atom. The average molecular weight is 376 g/mol. The summed E-state index contributed by atoms with van der Waals surface area (Å²) in [4.78, 5) is 38.5. The lowest BCUT2D eigenvalue weighted by Gasteiger charge is -2.24. The molecule has 1 saturated carbocycles. The Kier molecular flexibility index (Phi) is 6.08. The number of esters is 1. The molecule has 7 heteroatoms. The molecule has 3 rings (SSSR count). The number of amides is 2. The zero-order valence-corrected chi connectivity index (χ0v) is 15.4. The summed E-state index contributed by atoms with van der Waals surface area (Å²) in [6, 6.07) is 6.03. The van der Waals surface area contributed by atoms with Crippen molar-refractivity contribution in [3.8, 4) is 0 Å². The van der Waals surface area contributed by atoms with Crippen LogP contribution in [0.15, 0.2) is 24.3 Å². The van der Waals surface area contributed by atoms with Crippen LogP contribution in [0.2, 0.25) is 0 Å². The predicted octanol–water partition coefficient (Wildman–Crippen LogP) is 2.16. The molecule has 0 radical (unpaired) electrons. The maximum atomic E-state index is 12.9. The SMILES string of the molecule is C[C@@H](OC(=O)[C@H]1CC(=O)N(C2CCCC2)C1)C(=O)NCc1ccc(F)cc1. The van der Waals surface area contributed by atoms with E-state index >= 15 is 0 Å². The highest BCUT2D eigenvalue weighted by Gasteiger charge is 2.40. The molecule has 1 aliphatic carbocycles. The molecule has 1 aromatic rings. The number of carbonyl (C=O) groups excluding carboxylic acids is 3. The minimum atomic E-state index is -0.950. The summed E-state index contributed by atoms with van der Waals surface area (Å²) in [6.45, 7) is 2.11. The van der Waals surface area contributed by atoms with E-state index in [2.05, 4.69) is 5.32 Å². The number of rotatable bonds is 6. The van der Waals surface area contributed by atoms with Crippen LogP contribution in [0.1, 0.15) is 44.6 Å². The van der Waals surface area contributed by atoms with Gasteiger partial charge in [-0.15, -0.1) is 0 Å². The van der Waals surface area contributed by atoms with Gasteiger partial charge in [0.15, 0.2) is 6.10 Å². The second-order valence-electron chi connectivity index (χ2n) is 7.31. The molecule has 2 aliphatic rings. The highest BCUT2D eigenvalue weighted by atomic mass is 19.1. The van der Waals surface area contributed by atoms with Crippen molar-refractivity contribution in [3.05, 3.63) is 35.6 Å². The monoisotopic (exact) mass is 376 g/mol. The van der Waals surface area contributed by atoms with Crippen LogP contribution < -0.4 is 5.32 Å². The van der Waals surface area contributed by atoms with Gasteiger partial charge in [-0.05, 0) is 37.5 Å². The Hall–Kier alpha value is -2.44. The summed E-state index contributed by atoms with van der Waals surface area (Å²) in [5, 5.41) is 2.66. The molecule has 1 saturated heterocycles. The smallest absolute Gasteiger partial charge is 0.312 e. The maximum absolute atomic E-state index is 12.9. The topological polar surface area (TPSA) is 75.7 Å². The van der Waals surface area contributed by atoms with Crippen LogP contribution in [0, 0.1) is 11.7 Å². The Labute approximate surface area is 158 Å². The van der Waals surface area contributed by atoms with E-state index in [-0.39, 0.29) is 30.7 Å². The molecule has 0 aromatic heterocycles. The number of carbonyl (C=O) groups is 3. The summed E-state index contributed by atoms with van der Waals surface area (Å²) in [7, 11) is 0. The number of nitrogens with one attached hydrogen (secondary N) is 1. The minimum Gasteiger partial charge on any atom is -0.452 e. The van der Waals surface area contributed by atoms with E-state index in [0.717, 1.165) is 31.2 Å². The number of hydrogen-bond acceptors (Lipinski definition) is 4. The van der Waals surface area contributed by atoms with E-state index < -0.39 is 23.9 Å². The van der Waals surface area contributed by atoms with Crippen LogP contribution in [0.5, 0.6) is 0 Å². The lowest BCUT2D eigenvalue weighted by atomic mass is 10.1. The molecule has 2 atom stereocenters. The number of benzene rings is 1. The van der Waals surface area contributed by atoms with Crippen molar-refractivity contribution in [3.63, 3.8) is 0 Å². The van der Waals surface area contributed by atoms with Crippen molar-refractivity contribution in [2.24, 2.45) is 5.92 Å². The average Bonchev–Trinajstić information content (AvgIpc) is 3.30. The van der Waals surface area contributed by atoms with E-state index in [1.54, 1.807) is 17.0 Å². The third-order valence-electron chi connectivity index (χ3n) is 5.30. The van der Waals surface area contributed by atoms with Gasteiger partial charge < -0.3 is 15.0 Å². The molecule has 27 heavy (non-hydrogen) atoms. The van der Waals surface area contributed by atoms with E-state index in [4.69, 9.17) is 4.74 Å². The van der Waals surface area contributed by atoms with Gasteiger partial charge in [-0.2, -0.15) is 0 Å². The van der Waals surface area contributed by atoms with Gasteiger partial charge in [-0.1, -0.05) is 25.0 Å². The van der Waals surface area contributed by atoms with Crippen molar-refractivity contribution < 1.29 is 23.5 Å². The van der Waals surface area contributed by atoms with Gasteiger partial charge in [0, 0.05) is 25.6 Å². The molecular weight excluding hydrogens is 351 g/mol. The van der Waals surface area contributed by atoms with Crippen molar-refractivity contribution in [2.45, 2.75) is 57.7 Å². The second-order valence-corrected chi connectivity index (χ2v) is 7.31. The molecule has 0 spiro atoms. The van der Waals surface area contributed by atoms with Crippen molar-refractivity contribution in [1.29, 1.82) is 0 Å². The molecule has 2 amide bonds. The van der Waals surface area contributed by atoms with Gasteiger partial charge in [0.1, 0.15) is 5.82 Å². The standard InChI is InChI=1S/C20H25FN2O4/c1-13(19(25)22-11-14-6-8-16(21)9-7-14)27-20(26)15-10-18(24)23(12-15)17-4-2-3-5-17/h6-9,13,15,17H,2-5,10-12H2,1H3,(H,22,25)/t13-,15+/m1/s1. The predicted molar refractivity (Wildman–Crippen MR) is 95.9 cm³/mol. The van der Waals surface area contributed by atoms with Crippen LogP contribution in [-0.2, 0) is 25.7 Å². The molecule has 1 heterocycles. The van der Waals surface area contributed by atoms with Crippen LogP contribution in [-0.4, -0.2) is 41.4 Å². The normalized spacial score (nSPS) is 21.3. The quantitative estimate of drug-likeness (QED) is 0.772. The molecule has 1 aliphatic heterocycles. The maximum Gasteiger partial charge on any atom is 0.312 e. The second kappa shape index (κ2) is 8.50. The summed E-state index contributed by atoms with van der Waals surface area (Å²) < 4.78 is 18.2. The molecule has 1 N–H and O–H groups in total. The summed E-state index contributed by atoms with van der Waals surface area (Å²) >= 11 is 0. The minimum absolute atomic E-state index is 0.00253. The van der Waals surface area contributed by atoms with Gasteiger partial charge in [0.25, 0.3) is 5.91 Å². The van der Waals surface area contributed by atoms with Crippen LogP contribution in [0.3, 0.4) is 0 Å². The van der Waals surface area contributed by atoms with Crippen LogP contribution >= 0.6 is 0 Å². The van der Waals surface area contributed by atoms with Gasteiger partial charge in [-0.25, -0.2) is 4.39 Å². The van der Waals surface area contributed by atoms with E-state index in [1.807, 2.05) is 0 Å². The van der Waals surface area contributed by atoms with E-state index in [9.17, 15) is 18.8 Å². The highest BCUT2D eigenvalue weighted by molar-refractivity contribution is 5.89. The molecule has 146 valence electrons. The summed E-state index contributed by atoms with van der Waals surface area (Å²) in [6.07, 6.45) is 3.43. The van der Waals surface area contributed by atoms with Gasteiger partial charge >= 0.3 is 5.97 Å². The van der Waals surface area contributed by atoms with Crippen LogP contribution in [0.4, 0.5) is 4.39 Å². The molecular formula is C20H25FN2O4. The fourth-order valence-electron chi connectivity index (χ4n) is 3.72. The number of hydrogen-bond donors (Lipinski definition) is 1. The first-order valence-corrected chi connectivity index (χ1v) is 9.46. The Morgan fingerprint density at radius 1 is 1.26 bits per heavy atom. The lowest BCUT2D eigenvalue weighted by Crippen LogP contribution is -2.38. The Bertz CT molecular complexity index is 700. The highest BCUT2D eigenvalue weighted by Crippen LogP contribution is 2.30. The number of likely N-dealkylation sites (tertiary alicyclic amines) is 1. The Balaban J connectivity index is 1.46. The summed E-state index contributed by atoms with van der Waals surface area (Å²) in [5.74, 6) is -1.79. The van der Waals surface area contributed by atoms with Gasteiger partial charge in [0.05, 0.1) is 5.92 Å². The first-order valence-electron chi connectivity index (χ1n) is 9.46. The van der Waals surface area contributed by atoms with Crippen LogP contribution in [0.25, 0.3) is 0 Å². The third-order valence-corrected chi connectivity index (χ3v) is 5.30. The number of nitrogens with zero attached hydrogens (tertiary/aromatic N) is 1. The summed E-state index contributed by atoms with van der Waals surface area (Å²) in [5.41, 5.74) is 0.747.